The summed E-state index contributed by atoms with van der Waals surface area (Å²) in [6.07, 6.45) is 2.00. The van der Waals surface area contributed by atoms with E-state index in [0.717, 1.165) is 41.7 Å². The maximum atomic E-state index is 13.6. The van der Waals surface area contributed by atoms with Crippen molar-refractivity contribution in [2.24, 2.45) is 0 Å². The highest BCUT2D eigenvalue weighted by atomic mass is 19.1. The van der Waals surface area contributed by atoms with Gasteiger partial charge >= 0.3 is 0 Å². The first-order valence-electron chi connectivity index (χ1n) is 9.98. The number of aryl methyl sites for hydroxylation is 1. The van der Waals surface area contributed by atoms with Crippen LogP contribution in [0.4, 0.5) is 4.39 Å². The molecule has 1 atom stereocenters. The Morgan fingerprint density at radius 2 is 2.10 bits per heavy atom. The van der Waals surface area contributed by atoms with Crippen LogP contribution in [0.2, 0.25) is 0 Å². The van der Waals surface area contributed by atoms with Crippen molar-refractivity contribution in [2.45, 2.75) is 25.9 Å². The maximum Gasteiger partial charge on any atom is 0.270 e. The highest BCUT2D eigenvalue weighted by molar-refractivity contribution is 6.00. The van der Waals surface area contributed by atoms with E-state index in [-0.39, 0.29) is 17.8 Å². The van der Waals surface area contributed by atoms with E-state index in [1.165, 1.54) is 12.1 Å². The van der Waals surface area contributed by atoms with Crippen molar-refractivity contribution in [2.75, 3.05) is 26.3 Å². The predicted octanol–water partition coefficient (Wildman–Crippen LogP) is 4.32. The molecule has 0 aliphatic carbocycles. The molecule has 0 saturated carbocycles. The van der Waals surface area contributed by atoms with Gasteiger partial charge in [-0.25, -0.2) is 4.39 Å². The zero-order chi connectivity index (χ0) is 20.2. The number of fused-ring (bicyclic) bond motifs is 1. The standard InChI is InChI=1S/C23H25FN2O3/c1-16-20-14-17(24)9-10-21(20)25-22(16)23(27)26(15-19-8-5-12-28-19)11-13-29-18-6-3-2-4-7-18/h2-4,6-7,9-10,14,19,25H,5,8,11-13,15H2,1H3. The molecule has 1 aliphatic rings. The molecule has 1 amide bonds. The number of benzene rings is 2. The van der Waals surface area contributed by atoms with Gasteiger partial charge in [-0.05, 0) is 55.7 Å². The van der Waals surface area contributed by atoms with Crippen molar-refractivity contribution < 1.29 is 18.7 Å². The van der Waals surface area contributed by atoms with Crippen molar-refractivity contribution in [3.8, 4) is 5.75 Å². The number of nitrogens with zero attached hydrogens (tertiary/aromatic N) is 1. The van der Waals surface area contributed by atoms with Crippen molar-refractivity contribution in [3.63, 3.8) is 0 Å². The minimum Gasteiger partial charge on any atom is -0.492 e. The molecule has 3 aromatic rings. The van der Waals surface area contributed by atoms with Gasteiger partial charge in [-0.2, -0.15) is 0 Å². The summed E-state index contributed by atoms with van der Waals surface area (Å²) in [6.45, 7) is 3.92. The van der Waals surface area contributed by atoms with Crippen LogP contribution in [0.25, 0.3) is 10.9 Å². The molecule has 0 radical (unpaired) electrons. The second kappa shape index (κ2) is 8.66. The number of amides is 1. The molecule has 6 heteroatoms. The molecule has 29 heavy (non-hydrogen) atoms. The van der Waals surface area contributed by atoms with Crippen molar-refractivity contribution >= 4 is 16.8 Å². The van der Waals surface area contributed by atoms with E-state index in [0.29, 0.717) is 25.4 Å². The van der Waals surface area contributed by atoms with Crippen LogP contribution in [0.5, 0.6) is 5.75 Å². The Morgan fingerprint density at radius 3 is 2.86 bits per heavy atom. The summed E-state index contributed by atoms with van der Waals surface area (Å²) in [5.74, 6) is 0.339. The number of carbonyl (C=O) groups is 1. The SMILES string of the molecule is Cc1c(C(=O)N(CCOc2ccccc2)CC2CCCO2)[nH]c2ccc(F)cc12. The van der Waals surface area contributed by atoms with Gasteiger partial charge < -0.3 is 19.4 Å². The molecule has 4 rings (SSSR count). The van der Waals surface area contributed by atoms with E-state index in [2.05, 4.69) is 4.98 Å². The predicted molar refractivity (Wildman–Crippen MR) is 110 cm³/mol. The van der Waals surface area contributed by atoms with Gasteiger partial charge in [0.25, 0.3) is 5.91 Å². The average molecular weight is 396 g/mol. The number of rotatable bonds is 7. The maximum absolute atomic E-state index is 13.6. The number of para-hydroxylation sites is 1. The fourth-order valence-electron chi connectivity index (χ4n) is 3.77. The van der Waals surface area contributed by atoms with Crippen LogP contribution in [-0.2, 0) is 4.74 Å². The Hall–Kier alpha value is -2.86. The van der Waals surface area contributed by atoms with E-state index in [4.69, 9.17) is 9.47 Å². The lowest BCUT2D eigenvalue weighted by atomic mass is 10.1. The van der Waals surface area contributed by atoms with Gasteiger partial charge in [0.05, 0.1) is 12.6 Å². The Labute approximate surface area is 169 Å². The number of carbonyl (C=O) groups excluding carboxylic acids is 1. The lowest BCUT2D eigenvalue weighted by molar-refractivity contribution is 0.0489. The Bertz CT molecular complexity index is 980. The summed E-state index contributed by atoms with van der Waals surface area (Å²) in [7, 11) is 0. The molecule has 152 valence electrons. The van der Waals surface area contributed by atoms with Gasteiger partial charge in [-0.15, -0.1) is 0 Å². The number of hydrogen-bond acceptors (Lipinski definition) is 3. The highest BCUT2D eigenvalue weighted by Crippen LogP contribution is 2.24. The lowest BCUT2D eigenvalue weighted by Crippen LogP contribution is -2.40. The number of hydrogen-bond donors (Lipinski definition) is 1. The summed E-state index contributed by atoms with van der Waals surface area (Å²) in [5, 5.41) is 0.728. The smallest absolute Gasteiger partial charge is 0.270 e. The normalized spacial score (nSPS) is 16.3. The summed E-state index contributed by atoms with van der Waals surface area (Å²) in [5.41, 5.74) is 2.00. The van der Waals surface area contributed by atoms with Crippen molar-refractivity contribution in [1.29, 1.82) is 0 Å². The molecular formula is C23H25FN2O3. The van der Waals surface area contributed by atoms with Crippen LogP contribution < -0.4 is 4.74 Å². The molecule has 1 fully saturated rings. The number of ether oxygens (including phenoxy) is 2. The van der Waals surface area contributed by atoms with Gasteiger partial charge in [0.1, 0.15) is 23.9 Å². The van der Waals surface area contributed by atoms with Crippen LogP contribution in [0.3, 0.4) is 0 Å². The molecule has 1 aromatic heterocycles. The summed E-state index contributed by atoms with van der Waals surface area (Å²) < 4.78 is 25.2. The van der Waals surface area contributed by atoms with Gasteiger partial charge in [-0.1, -0.05) is 18.2 Å². The fraction of sp³-hybridized carbons (Fsp3) is 0.348. The van der Waals surface area contributed by atoms with Gasteiger partial charge in [-0.3, -0.25) is 4.79 Å². The second-order valence-corrected chi connectivity index (χ2v) is 7.36. The van der Waals surface area contributed by atoms with E-state index in [1.54, 1.807) is 11.0 Å². The van der Waals surface area contributed by atoms with Crippen molar-refractivity contribution in [3.05, 3.63) is 65.6 Å². The summed E-state index contributed by atoms with van der Waals surface area (Å²) in [4.78, 5) is 18.3. The molecule has 0 bridgehead atoms. The largest absolute Gasteiger partial charge is 0.492 e. The first-order valence-corrected chi connectivity index (χ1v) is 9.98. The first-order chi connectivity index (χ1) is 14.1. The van der Waals surface area contributed by atoms with E-state index in [1.807, 2.05) is 37.3 Å². The van der Waals surface area contributed by atoms with Crippen LogP contribution in [-0.4, -0.2) is 48.2 Å². The molecule has 1 saturated heterocycles. The number of halogens is 1. The zero-order valence-electron chi connectivity index (χ0n) is 16.5. The van der Waals surface area contributed by atoms with Crippen LogP contribution in [0, 0.1) is 12.7 Å². The Morgan fingerprint density at radius 1 is 1.28 bits per heavy atom. The molecule has 5 nitrogen and oxygen atoms in total. The first kappa shape index (κ1) is 19.5. The van der Waals surface area contributed by atoms with Gasteiger partial charge in [0.2, 0.25) is 0 Å². The number of aromatic amines is 1. The molecule has 1 N–H and O–H groups in total. The zero-order valence-corrected chi connectivity index (χ0v) is 16.5. The van der Waals surface area contributed by atoms with E-state index < -0.39 is 0 Å². The number of H-pyrrole nitrogens is 1. The number of aromatic nitrogens is 1. The molecule has 2 aromatic carbocycles. The third kappa shape index (κ3) is 4.43. The minimum absolute atomic E-state index is 0.0396. The van der Waals surface area contributed by atoms with Crippen LogP contribution in [0.1, 0.15) is 28.9 Å². The van der Waals surface area contributed by atoms with Crippen molar-refractivity contribution in [1.82, 2.24) is 9.88 Å². The molecule has 1 unspecified atom stereocenters. The van der Waals surface area contributed by atoms with Gasteiger partial charge in [0.15, 0.2) is 0 Å². The molecule has 2 heterocycles. The summed E-state index contributed by atoms with van der Waals surface area (Å²) in [6, 6.07) is 14.1. The summed E-state index contributed by atoms with van der Waals surface area (Å²) >= 11 is 0. The van der Waals surface area contributed by atoms with Crippen LogP contribution in [0.15, 0.2) is 48.5 Å². The molecule has 1 aliphatic heterocycles. The average Bonchev–Trinajstić information content (AvgIpc) is 3.36. The third-order valence-electron chi connectivity index (χ3n) is 5.34. The third-order valence-corrected chi connectivity index (χ3v) is 5.34. The van der Waals surface area contributed by atoms with Gasteiger partial charge in [0, 0.05) is 24.1 Å². The lowest BCUT2D eigenvalue weighted by Gasteiger charge is -2.25. The second-order valence-electron chi connectivity index (χ2n) is 7.36. The highest BCUT2D eigenvalue weighted by Gasteiger charge is 2.26. The van der Waals surface area contributed by atoms with E-state index in [9.17, 15) is 9.18 Å². The minimum atomic E-state index is -0.314. The van der Waals surface area contributed by atoms with Crippen LogP contribution >= 0.6 is 0 Å². The monoisotopic (exact) mass is 396 g/mol. The van der Waals surface area contributed by atoms with E-state index >= 15 is 0 Å². The fourth-order valence-corrected chi connectivity index (χ4v) is 3.77. The number of nitrogens with one attached hydrogen (secondary N) is 1. The Kier molecular flexibility index (Phi) is 5.81. The topological polar surface area (TPSA) is 54.6 Å². The Balaban J connectivity index is 1.52. The molecular weight excluding hydrogens is 371 g/mol. The quantitative estimate of drug-likeness (QED) is 0.647. The molecule has 0 spiro atoms.